The second-order valence-corrected chi connectivity index (χ2v) is 8.07. The van der Waals surface area contributed by atoms with Gasteiger partial charge in [-0.3, -0.25) is 14.5 Å². The van der Waals surface area contributed by atoms with E-state index in [9.17, 15) is 9.59 Å². The zero-order chi connectivity index (χ0) is 22.4. The van der Waals surface area contributed by atoms with Crippen molar-refractivity contribution in [3.63, 3.8) is 0 Å². The van der Waals surface area contributed by atoms with Crippen molar-refractivity contribution in [1.82, 2.24) is 14.7 Å². The van der Waals surface area contributed by atoms with Gasteiger partial charge < -0.3 is 19.3 Å². The van der Waals surface area contributed by atoms with Gasteiger partial charge >= 0.3 is 0 Å². The molecule has 0 N–H and O–H groups in total. The molecule has 0 aliphatic carbocycles. The van der Waals surface area contributed by atoms with E-state index in [1.54, 1.807) is 49.2 Å². The number of hydrogen-bond acceptors (Lipinski definition) is 5. The van der Waals surface area contributed by atoms with E-state index < -0.39 is 0 Å². The van der Waals surface area contributed by atoms with Gasteiger partial charge in [-0.1, -0.05) is 23.7 Å². The van der Waals surface area contributed by atoms with Crippen LogP contribution in [0.4, 0.5) is 0 Å². The van der Waals surface area contributed by atoms with Crippen LogP contribution in [0.5, 0.6) is 11.5 Å². The van der Waals surface area contributed by atoms with Gasteiger partial charge in [0, 0.05) is 50.9 Å². The predicted molar refractivity (Wildman–Crippen MR) is 120 cm³/mol. The van der Waals surface area contributed by atoms with Gasteiger partial charge in [0.05, 0.1) is 13.7 Å². The average molecular weight is 446 g/mol. The summed E-state index contributed by atoms with van der Waals surface area (Å²) in [7, 11) is 5.05. The summed E-state index contributed by atoms with van der Waals surface area (Å²) in [5.41, 5.74) is 1.53. The maximum absolute atomic E-state index is 13.0. The summed E-state index contributed by atoms with van der Waals surface area (Å²) in [4.78, 5) is 30.3. The van der Waals surface area contributed by atoms with Crippen LogP contribution in [0.1, 0.15) is 15.9 Å². The van der Waals surface area contributed by atoms with Crippen LogP contribution in [0.25, 0.3) is 0 Å². The zero-order valence-corrected chi connectivity index (χ0v) is 18.9. The lowest BCUT2D eigenvalue weighted by Crippen LogP contribution is -2.51. The minimum absolute atomic E-state index is 0.0545. The van der Waals surface area contributed by atoms with E-state index in [1.807, 2.05) is 24.3 Å². The molecule has 7 nitrogen and oxygen atoms in total. The first-order valence-corrected chi connectivity index (χ1v) is 10.5. The topological polar surface area (TPSA) is 62.3 Å². The van der Waals surface area contributed by atoms with Crippen molar-refractivity contribution in [3.05, 3.63) is 58.6 Å². The van der Waals surface area contributed by atoms with Gasteiger partial charge in [0.25, 0.3) is 5.91 Å². The summed E-state index contributed by atoms with van der Waals surface area (Å²) >= 11 is 5.91. The third-order valence-electron chi connectivity index (χ3n) is 5.24. The van der Waals surface area contributed by atoms with E-state index in [0.29, 0.717) is 61.4 Å². The Labute approximate surface area is 188 Å². The second-order valence-electron chi connectivity index (χ2n) is 7.64. The summed E-state index contributed by atoms with van der Waals surface area (Å²) in [6, 6.07) is 12.7. The Morgan fingerprint density at radius 3 is 2.29 bits per heavy atom. The Kier molecular flexibility index (Phi) is 7.76. The molecule has 0 radical (unpaired) electrons. The molecule has 1 fully saturated rings. The number of methoxy groups -OCH3 is 1. The van der Waals surface area contributed by atoms with E-state index in [1.165, 1.54) is 0 Å². The average Bonchev–Trinajstić information content (AvgIpc) is 2.78. The highest BCUT2D eigenvalue weighted by atomic mass is 35.5. The number of benzene rings is 2. The molecule has 1 saturated heterocycles. The third kappa shape index (κ3) is 6.12. The quantitative estimate of drug-likeness (QED) is 0.655. The molecule has 0 aromatic heterocycles. The van der Waals surface area contributed by atoms with E-state index in [-0.39, 0.29) is 11.8 Å². The van der Waals surface area contributed by atoms with Crippen molar-refractivity contribution in [3.8, 4) is 11.5 Å². The number of ether oxygens (including phenoxy) is 2. The fraction of sp³-hybridized carbons (Fsp3) is 0.391. The molecule has 0 atom stereocenters. The summed E-state index contributed by atoms with van der Waals surface area (Å²) < 4.78 is 11.3. The molecule has 2 amide bonds. The Morgan fingerprint density at radius 1 is 1.00 bits per heavy atom. The molecule has 0 spiro atoms. The lowest BCUT2D eigenvalue weighted by Gasteiger charge is -2.34. The van der Waals surface area contributed by atoms with Crippen LogP contribution in [0.15, 0.2) is 42.5 Å². The first-order chi connectivity index (χ1) is 14.9. The fourth-order valence-corrected chi connectivity index (χ4v) is 3.41. The summed E-state index contributed by atoms with van der Waals surface area (Å²) in [5.74, 6) is 1.09. The molecule has 166 valence electrons. The molecule has 2 aromatic rings. The number of carbonyl (C=O) groups excluding carboxylic acids is 2. The molecule has 2 aromatic carbocycles. The van der Waals surface area contributed by atoms with Gasteiger partial charge in [-0.15, -0.1) is 0 Å². The number of nitrogens with zero attached hydrogens (tertiary/aromatic N) is 3. The van der Waals surface area contributed by atoms with Crippen LogP contribution in [-0.2, 0) is 11.4 Å². The SMILES string of the molecule is COc1cc(C(=O)N2CCN(CC(=O)N(C)C)CC2)ccc1OCc1ccc(Cl)cc1. The van der Waals surface area contributed by atoms with Gasteiger partial charge in [-0.25, -0.2) is 0 Å². The zero-order valence-electron chi connectivity index (χ0n) is 18.1. The minimum Gasteiger partial charge on any atom is -0.493 e. The molecular formula is C23H28ClN3O4. The van der Waals surface area contributed by atoms with Crippen LogP contribution >= 0.6 is 11.6 Å². The van der Waals surface area contributed by atoms with E-state index >= 15 is 0 Å². The number of hydrogen-bond donors (Lipinski definition) is 0. The summed E-state index contributed by atoms with van der Waals surface area (Å²) in [6.45, 7) is 3.25. The van der Waals surface area contributed by atoms with Crippen molar-refractivity contribution >= 4 is 23.4 Å². The Bertz CT molecular complexity index is 910. The van der Waals surface area contributed by atoms with Crippen molar-refractivity contribution in [2.24, 2.45) is 0 Å². The molecule has 0 bridgehead atoms. The molecule has 31 heavy (non-hydrogen) atoms. The molecular weight excluding hydrogens is 418 g/mol. The van der Waals surface area contributed by atoms with Gasteiger partial charge in [-0.05, 0) is 35.9 Å². The minimum atomic E-state index is -0.0545. The number of carbonyl (C=O) groups is 2. The Hall–Kier alpha value is -2.77. The maximum atomic E-state index is 13.0. The highest BCUT2D eigenvalue weighted by molar-refractivity contribution is 6.30. The molecule has 0 unspecified atom stereocenters. The number of piperazine rings is 1. The third-order valence-corrected chi connectivity index (χ3v) is 5.49. The smallest absolute Gasteiger partial charge is 0.254 e. The van der Waals surface area contributed by atoms with E-state index in [2.05, 4.69) is 4.90 Å². The number of likely N-dealkylation sites (N-methyl/N-ethyl adjacent to an activating group) is 1. The largest absolute Gasteiger partial charge is 0.493 e. The van der Waals surface area contributed by atoms with Crippen molar-refractivity contribution in [1.29, 1.82) is 0 Å². The van der Waals surface area contributed by atoms with Gasteiger partial charge in [0.1, 0.15) is 6.61 Å². The fourth-order valence-electron chi connectivity index (χ4n) is 3.29. The van der Waals surface area contributed by atoms with Crippen molar-refractivity contribution in [2.75, 3.05) is 53.9 Å². The van der Waals surface area contributed by atoms with E-state index in [4.69, 9.17) is 21.1 Å². The predicted octanol–water partition coefficient (Wildman–Crippen LogP) is 2.77. The van der Waals surface area contributed by atoms with Crippen LogP contribution < -0.4 is 9.47 Å². The lowest BCUT2D eigenvalue weighted by atomic mass is 10.1. The number of amides is 2. The highest BCUT2D eigenvalue weighted by Crippen LogP contribution is 2.29. The van der Waals surface area contributed by atoms with Crippen LogP contribution in [-0.4, -0.2) is 80.4 Å². The summed E-state index contributed by atoms with van der Waals surface area (Å²) in [5, 5.41) is 0.675. The standard InChI is InChI=1S/C23H28ClN3O4/c1-25(2)22(28)15-26-10-12-27(13-11-26)23(29)18-6-9-20(21(14-18)30-3)31-16-17-4-7-19(24)8-5-17/h4-9,14H,10-13,15-16H2,1-3H3. The Balaban J connectivity index is 1.59. The van der Waals surface area contributed by atoms with Crippen molar-refractivity contribution < 1.29 is 19.1 Å². The highest BCUT2D eigenvalue weighted by Gasteiger charge is 2.24. The Morgan fingerprint density at radius 2 is 1.68 bits per heavy atom. The number of halogens is 1. The monoisotopic (exact) mass is 445 g/mol. The normalized spacial score (nSPS) is 14.3. The number of rotatable bonds is 7. The maximum Gasteiger partial charge on any atom is 0.254 e. The molecule has 3 rings (SSSR count). The van der Waals surface area contributed by atoms with Gasteiger partial charge in [-0.2, -0.15) is 0 Å². The first-order valence-electron chi connectivity index (χ1n) is 10.1. The molecule has 8 heteroatoms. The molecule has 1 aliphatic heterocycles. The van der Waals surface area contributed by atoms with Gasteiger partial charge in [0.15, 0.2) is 11.5 Å². The van der Waals surface area contributed by atoms with Crippen molar-refractivity contribution in [2.45, 2.75) is 6.61 Å². The summed E-state index contributed by atoms with van der Waals surface area (Å²) in [6.07, 6.45) is 0. The molecule has 0 saturated carbocycles. The van der Waals surface area contributed by atoms with Gasteiger partial charge in [0.2, 0.25) is 5.91 Å². The molecule has 1 aliphatic rings. The van der Waals surface area contributed by atoms with Crippen LogP contribution in [0, 0.1) is 0 Å². The second kappa shape index (κ2) is 10.5. The van der Waals surface area contributed by atoms with Crippen LogP contribution in [0.2, 0.25) is 5.02 Å². The van der Waals surface area contributed by atoms with Crippen LogP contribution in [0.3, 0.4) is 0 Å². The van der Waals surface area contributed by atoms with E-state index in [0.717, 1.165) is 5.56 Å². The molecule has 1 heterocycles. The first kappa shape index (κ1) is 22.9. The lowest BCUT2D eigenvalue weighted by molar-refractivity contribution is -0.130.